The predicted molar refractivity (Wildman–Crippen MR) is 126 cm³/mol. The van der Waals surface area contributed by atoms with Crippen molar-refractivity contribution in [2.75, 3.05) is 33.3 Å². The number of guanidine groups is 1. The number of methoxy groups -OCH3 is 1. The molecule has 0 aliphatic carbocycles. The molecular weight excluding hydrogens is 467 g/mol. The molecule has 0 saturated heterocycles. The van der Waals surface area contributed by atoms with E-state index < -0.39 is 0 Å². The molecule has 1 aromatic carbocycles. The van der Waals surface area contributed by atoms with Gasteiger partial charge in [-0.25, -0.2) is 4.99 Å². The number of likely N-dealkylation sites (N-methyl/N-ethyl adjacent to an activating group) is 1. The van der Waals surface area contributed by atoms with Crippen LogP contribution in [-0.4, -0.2) is 44.1 Å². The van der Waals surface area contributed by atoms with E-state index in [2.05, 4.69) is 53.4 Å². The number of nitrogens with one attached hydrogen (secondary N) is 2. The lowest BCUT2D eigenvalue weighted by molar-refractivity contribution is 0.218. The van der Waals surface area contributed by atoms with E-state index in [-0.39, 0.29) is 30.0 Å². The zero-order valence-corrected chi connectivity index (χ0v) is 19.6. The first-order valence-corrected chi connectivity index (χ1v) is 9.64. The highest BCUT2D eigenvalue weighted by atomic mass is 127. The third-order valence-corrected chi connectivity index (χ3v) is 4.51. The van der Waals surface area contributed by atoms with Gasteiger partial charge in [-0.15, -0.1) is 24.0 Å². The summed E-state index contributed by atoms with van der Waals surface area (Å²) in [4.78, 5) is 7.05. The Morgan fingerprint density at radius 2 is 1.93 bits per heavy atom. The van der Waals surface area contributed by atoms with Gasteiger partial charge in [-0.1, -0.05) is 26.0 Å². The molecule has 1 aromatic heterocycles. The molecule has 156 valence electrons. The quantitative estimate of drug-likeness (QED) is 0.293. The Kier molecular flexibility index (Phi) is 11.7. The number of benzene rings is 1. The summed E-state index contributed by atoms with van der Waals surface area (Å²) in [6.45, 7) is 10.4. The molecule has 6 nitrogen and oxygen atoms in total. The molecular formula is C21H33IN4O2. The number of nitrogens with zero attached hydrogens (tertiary/aromatic N) is 2. The highest BCUT2D eigenvalue weighted by Gasteiger charge is 2.19. The molecule has 0 fully saturated rings. The van der Waals surface area contributed by atoms with Crippen LogP contribution in [0.5, 0.6) is 5.75 Å². The van der Waals surface area contributed by atoms with Gasteiger partial charge in [0.25, 0.3) is 0 Å². The number of rotatable bonds is 10. The van der Waals surface area contributed by atoms with Gasteiger partial charge in [0.15, 0.2) is 5.96 Å². The highest BCUT2D eigenvalue weighted by Crippen LogP contribution is 2.23. The number of hydrogen-bond acceptors (Lipinski definition) is 4. The Labute approximate surface area is 185 Å². The fourth-order valence-corrected chi connectivity index (χ4v) is 3.07. The van der Waals surface area contributed by atoms with Crippen molar-refractivity contribution in [3.8, 4) is 5.75 Å². The maximum absolute atomic E-state index is 5.41. The van der Waals surface area contributed by atoms with Gasteiger partial charge < -0.3 is 19.8 Å². The maximum Gasteiger partial charge on any atom is 0.191 e. The van der Waals surface area contributed by atoms with Gasteiger partial charge >= 0.3 is 0 Å². The van der Waals surface area contributed by atoms with Gasteiger partial charge in [0.1, 0.15) is 18.1 Å². The van der Waals surface area contributed by atoms with E-state index in [4.69, 9.17) is 9.15 Å². The van der Waals surface area contributed by atoms with Crippen LogP contribution < -0.4 is 15.4 Å². The third-order valence-electron chi connectivity index (χ3n) is 4.51. The van der Waals surface area contributed by atoms with E-state index in [0.29, 0.717) is 6.54 Å². The molecule has 2 N–H and O–H groups in total. The molecule has 1 atom stereocenters. The van der Waals surface area contributed by atoms with Crippen LogP contribution in [-0.2, 0) is 6.54 Å². The number of ether oxygens (including phenoxy) is 1. The molecule has 0 aliphatic rings. The van der Waals surface area contributed by atoms with Crippen LogP contribution in [0.15, 0.2) is 52.1 Å². The molecule has 28 heavy (non-hydrogen) atoms. The third kappa shape index (κ3) is 7.35. The van der Waals surface area contributed by atoms with E-state index in [1.165, 1.54) is 5.56 Å². The number of aliphatic imine (C=N–C) groups is 1. The van der Waals surface area contributed by atoms with Crippen LogP contribution in [0.1, 0.15) is 38.1 Å². The normalized spacial score (nSPS) is 12.4. The topological polar surface area (TPSA) is 62.0 Å². The number of furan rings is 1. The Morgan fingerprint density at radius 3 is 2.54 bits per heavy atom. The average molecular weight is 500 g/mol. The minimum absolute atomic E-state index is 0. The summed E-state index contributed by atoms with van der Waals surface area (Å²) in [7, 11) is 1.70. The zero-order valence-electron chi connectivity index (χ0n) is 17.3. The minimum atomic E-state index is 0. The SMILES string of the molecule is CCNC(=NCc1ccco1)NCC(c1cccc(OC)c1)N(CC)CC.I. The second-order valence-corrected chi connectivity index (χ2v) is 6.17. The first kappa shape index (κ1) is 24.3. The van der Waals surface area contributed by atoms with E-state index in [9.17, 15) is 0 Å². The predicted octanol–water partition coefficient (Wildman–Crippen LogP) is 4.04. The van der Waals surface area contributed by atoms with Crippen molar-refractivity contribution in [3.05, 3.63) is 54.0 Å². The maximum atomic E-state index is 5.41. The standard InChI is InChI=1S/C21H32N4O2.HI/c1-5-22-21(23-15-19-12-9-13-27-19)24-16-20(25(6-2)7-3)17-10-8-11-18(14-17)26-4;/h8-14,20H,5-7,15-16H2,1-4H3,(H2,22,23,24);1H. The Hall–Kier alpha value is -1.74. The van der Waals surface area contributed by atoms with Gasteiger partial charge in [-0.3, -0.25) is 4.90 Å². The molecule has 1 heterocycles. The monoisotopic (exact) mass is 500 g/mol. The summed E-state index contributed by atoms with van der Waals surface area (Å²) >= 11 is 0. The van der Waals surface area contributed by atoms with Crippen LogP contribution in [0.3, 0.4) is 0 Å². The minimum Gasteiger partial charge on any atom is -0.497 e. The smallest absolute Gasteiger partial charge is 0.191 e. The fraction of sp³-hybridized carbons (Fsp3) is 0.476. The Morgan fingerprint density at radius 1 is 1.14 bits per heavy atom. The van der Waals surface area contributed by atoms with Crippen LogP contribution in [0.4, 0.5) is 0 Å². The van der Waals surface area contributed by atoms with Crippen LogP contribution in [0, 0.1) is 0 Å². The lowest BCUT2D eigenvalue weighted by Gasteiger charge is -2.31. The summed E-state index contributed by atoms with van der Waals surface area (Å²) in [5, 5.41) is 6.79. The van der Waals surface area contributed by atoms with Gasteiger partial charge in [-0.05, 0) is 49.8 Å². The van der Waals surface area contributed by atoms with Gasteiger partial charge in [0, 0.05) is 13.1 Å². The second kappa shape index (κ2) is 13.4. The molecule has 0 saturated carbocycles. The largest absolute Gasteiger partial charge is 0.497 e. The van der Waals surface area contributed by atoms with Crippen LogP contribution in [0.2, 0.25) is 0 Å². The van der Waals surface area contributed by atoms with E-state index in [0.717, 1.165) is 43.6 Å². The first-order chi connectivity index (χ1) is 13.2. The summed E-state index contributed by atoms with van der Waals surface area (Å²) < 4.78 is 10.8. The van der Waals surface area contributed by atoms with Crippen molar-refractivity contribution in [1.29, 1.82) is 0 Å². The van der Waals surface area contributed by atoms with Gasteiger partial charge in [0.2, 0.25) is 0 Å². The van der Waals surface area contributed by atoms with Gasteiger partial charge in [-0.2, -0.15) is 0 Å². The van der Waals surface area contributed by atoms with Crippen LogP contribution in [0.25, 0.3) is 0 Å². The Bertz CT molecular complexity index is 687. The number of halogens is 1. The molecule has 0 amide bonds. The van der Waals surface area contributed by atoms with Crippen molar-refractivity contribution in [3.63, 3.8) is 0 Å². The molecule has 0 bridgehead atoms. The van der Waals surface area contributed by atoms with Crippen molar-refractivity contribution in [2.24, 2.45) is 4.99 Å². The summed E-state index contributed by atoms with van der Waals surface area (Å²) in [5.74, 6) is 2.51. The first-order valence-electron chi connectivity index (χ1n) is 9.64. The molecule has 1 unspecified atom stereocenters. The van der Waals surface area contributed by atoms with E-state index >= 15 is 0 Å². The molecule has 0 aliphatic heterocycles. The van der Waals surface area contributed by atoms with Crippen molar-refractivity contribution >= 4 is 29.9 Å². The molecule has 7 heteroatoms. The molecule has 0 spiro atoms. The second-order valence-electron chi connectivity index (χ2n) is 6.17. The van der Waals surface area contributed by atoms with E-state index in [1.54, 1.807) is 13.4 Å². The lowest BCUT2D eigenvalue weighted by atomic mass is 10.0. The lowest BCUT2D eigenvalue weighted by Crippen LogP contribution is -2.43. The number of hydrogen-bond donors (Lipinski definition) is 2. The van der Waals surface area contributed by atoms with Crippen molar-refractivity contribution < 1.29 is 9.15 Å². The van der Waals surface area contributed by atoms with Crippen molar-refractivity contribution in [1.82, 2.24) is 15.5 Å². The highest BCUT2D eigenvalue weighted by molar-refractivity contribution is 14.0. The Balaban J connectivity index is 0.00000392. The molecule has 2 aromatic rings. The fourth-order valence-electron chi connectivity index (χ4n) is 3.07. The zero-order chi connectivity index (χ0) is 19.5. The average Bonchev–Trinajstić information content (AvgIpc) is 3.22. The summed E-state index contributed by atoms with van der Waals surface area (Å²) in [5.41, 5.74) is 1.23. The van der Waals surface area contributed by atoms with Gasteiger partial charge in [0.05, 0.1) is 19.4 Å². The van der Waals surface area contributed by atoms with Crippen molar-refractivity contribution in [2.45, 2.75) is 33.4 Å². The molecule has 2 rings (SSSR count). The van der Waals surface area contributed by atoms with Crippen LogP contribution >= 0.6 is 24.0 Å². The summed E-state index contributed by atoms with van der Waals surface area (Å²) in [6.07, 6.45) is 1.67. The van der Waals surface area contributed by atoms with E-state index in [1.807, 2.05) is 24.3 Å². The summed E-state index contributed by atoms with van der Waals surface area (Å²) in [6, 6.07) is 12.3. The molecule has 0 radical (unpaired) electrons.